The number of aromatic hydroxyl groups is 1. The van der Waals surface area contributed by atoms with Crippen molar-refractivity contribution < 1.29 is 49.9 Å². The van der Waals surface area contributed by atoms with Crippen LogP contribution in [0.5, 0.6) is 5.75 Å². The molecule has 1 aromatic carbocycles. The minimum atomic E-state index is -1.50. The van der Waals surface area contributed by atoms with E-state index in [1.54, 1.807) is 0 Å². The number of benzene rings is 1. The summed E-state index contributed by atoms with van der Waals surface area (Å²) in [6, 6.07) is 5.97. The number of phenolic OH excluding ortho intramolecular Hbond substituents is 1. The molecule has 0 saturated carbocycles. The van der Waals surface area contributed by atoms with E-state index in [1.807, 2.05) is 19.1 Å². The number of aryl methyl sites for hydroxylation is 1. The molecule has 5 heteroatoms. The van der Waals surface area contributed by atoms with Crippen LogP contribution in [0.25, 0.3) is 0 Å². The van der Waals surface area contributed by atoms with Crippen molar-refractivity contribution in [2.75, 3.05) is 0 Å². The van der Waals surface area contributed by atoms with Crippen LogP contribution < -0.4 is 30.0 Å². The van der Waals surface area contributed by atoms with Gasteiger partial charge >= 0.3 is 37.6 Å². The zero-order valence-electron chi connectivity index (χ0n) is 21.0. The van der Waals surface area contributed by atoms with Crippen molar-refractivity contribution in [2.45, 2.75) is 87.4 Å². The first-order valence-corrected chi connectivity index (χ1v) is 13.9. The first-order valence-electron chi connectivity index (χ1n) is 10.1. The van der Waals surface area contributed by atoms with Crippen molar-refractivity contribution in [3.8, 4) is 5.75 Å². The molecular weight excluding hydrogens is 463 g/mol. The van der Waals surface area contributed by atoms with Gasteiger partial charge in [0.2, 0.25) is 0 Å². The van der Waals surface area contributed by atoms with E-state index in [1.165, 1.54) is 25.7 Å². The van der Waals surface area contributed by atoms with Gasteiger partial charge in [-0.3, -0.25) is 6.08 Å². The topological polar surface area (TPSA) is 20.2 Å². The summed E-state index contributed by atoms with van der Waals surface area (Å²) in [6.07, 6.45) is 3.36. The minimum absolute atomic E-state index is 0. The molecule has 1 nitrogen and oxygen atoms in total. The molecule has 1 aliphatic carbocycles. The summed E-state index contributed by atoms with van der Waals surface area (Å²) in [5.74, 6) is 0.958. The molecule has 0 aromatic heterocycles. The maximum Gasteiger partial charge on any atom is 0.115 e. The zero-order valence-corrected chi connectivity index (χ0v) is 25.1. The predicted octanol–water partition coefficient (Wildman–Crippen LogP) is 0.892. The van der Waals surface area contributed by atoms with Crippen LogP contribution in [0.1, 0.15) is 67.9 Å². The second-order valence-corrected chi connectivity index (χ2v) is 16.6. The number of phenols is 1. The van der Waals surface area contributed by atoms with Crippen LogP contribution in [0.15, 0.2) is 34.9 Å². The van der Waals surface area contributed by atoms with Gasteiger partial charge in [0.05, 0.1) is 8.07 Å². The molecule has 0 bridgehead atoms. The SMILES string of the molecule is CC1=[C-]C(C)C(C)=C1C.C[C](C)=[Ti+].Cc1cc(O)cc([Si](C)(C)C(C)(C)C)c1.[Cl-].[Cl-]. The van der Waals surface area contributed by atoms with Crippen molar-refractivity contribution in [3.63, 3.8) is 0 Å². The van der Waals surface area contributed by atoms with Gasteiger partial charge < -0.3 is 29.9 Å². The Morgan fingerprint density at radius 3 is 1.67 bits per heavy atom. The van der Waals surface area contributed by atoms with E-state index in [0.717, 1.165) is 5.56 Å². The number of hydrogen-bond donors (Lipinski definition) is 1. The molecule has 0 fully saturated rings. The molecule has 0 spiro atoms. The van der Waals surface area contributed by atoms with E-state index < -0.39 is 8.07 Å². The summed E-state index contributed by atoms with van der Waals surface area (Å²) in [5, 5.41) is 11.3. The monoisotopic (exact) mass is 503 g/mol. The van der Waals surface area contributed by atoms with Gasteiger partial charge in [-0.2, -0.15) is 11.1 Å². The minimum Gasteiger partial charge on any atom is -1.00 e. The van der Waals surface area contributed by atoms with Crippen LogP contribution in [0.3, 0.4) is 0 Å². The van der Waals surface area contributed by atoms with Gasteiger partial charge in [0.15, 0.2) is 0 Å². The molecule has 1 N–H and O–H groups in total. The smallest absolute Gasteiger partial charge is 0.115 e. The average Bonchev–Trinajstić information content (AvgIpc) is 2.71. The maximum atomic E-state index is 9.65. The van der Waals surface area contributed by atoms with Crippen molar-refractivity contribution in [2.24, 2.45) is 5.92 Å². The fraction of sp³-hybridized carbons (Fsp3) is 0.560. The third-order valence-corrected chi connectivity index (χ3v) is 11.4. The fourth-order valence-corrected chi connectivity index (χ4v) is 4.68. The van der Waals surface area contributed by atoms with Crippen LogP contribution in [0, 0.1) is 18.9 Å². The summed E-state index contributed by atoms with van der Waals surface area (Å²) in [4.78, 5) is 0. The van der Waals surface area contributed by atoms with Crippen LogP contribution in [-0.2, 0) is 20.0 Å². The molecular formula is C25H41Cl2OSiTi-2. The number of halogens is 2. The number of hydrogen-bond acceptors (Lipinski definition) is 1. The van der Waals surface area contributed by atoms with E-state index in [0.29, 0.717) is 16.7 Å². The molecule has 0 amide bonds. The van der Waals surface area contributed by atoms with Crippen LogP contribution >= 0.6 is 0 Å². The van der Waals surface area contributed by atoms with Crippen LogP contribution in [-0.4, -0.2) is 17.0 Å². The Labute approximate surface area is 211 Å². The first kappa shape index (κ1) is 34.5. The van der Waals surface area contributed by atoms with Crippen LogP contribution in [0.2, 0.25) is 18.1 Å². The van der Waals surface area contributed by atoms with Crippen molar-refractivity contribution in [1.29, 1.82) is 0 Å². The van der Waals surface area contributed by atoms with Crippen molar-refractivity contribution >= 4 is 17.1 Å². The summed E-state index contributed by atoms with van der Waals surface area (Å²) < 4.78 is 1.42. The second-order valence-electron chi connectivity index (χ2n) is 9.73. The Hall–Kier alpha value is -0.119. The van der Waals surface area contributed by atoms with E-state index >= 15 is 0 Å². The van der Waals surface area contributed by atoms with E-state index in [4.69, 9.17) is 0 Å². The first-order chi connectivity index (χ1) is 12.5. The third kappa shape index (κ3) is 11.0. The van der Waals surface area contributed by atoms with Gasteiger partial charge in [-0.1, -0.05) is 71.8 Å². The Balaban J connectivity index is -0.000000417. The summed E-state index contributed by atoms with van der Waals surface area (Å²) >= 11 is 2.08. The Morgan fingerprint density at radius 1 is 1.00 bits per heavy atom. The van der Waals surface area contributed by atoms with Crippen molar-refractivity contribution in [1.82, 2.24) is 0 Å². The van der Waals surface area contributed by atoms with Gasteiger partial charge in [-0.15, -0.1) is 6.92 Å². The molecule has 30 heavy (non-hydrogen) atoms. The van der Waals surface area contributed by atoms with E-state index in [9.17, 15) is 5.11 Å². The van der Waals surface area contributed by atoms with Crippen LogP contribution in [0.4, 0.5) is 0 Å². The number of allylic oxidation sites excluding steroid dienone is 4. The summed E-state index contributed by atoms with van der Waals surface area (Å²) in [5.41, 5.74) is 5.39. The average molecular weight is 504 g/mol. The molecule has 0 heterocycles. The molecule has 1 unspecified atom stereocenters. The molecule has 0 saturated heterocycles. The Kier molecular flexibility index (Phi) is 16.2. The fourth-order valence-electron chi connectivity index (χ4n) is 2.72. The van der Waals surface area contributed by atoms with Gasteiger partial charge in [-0.25, -0.2) is 5.57 Å². The van der Waals surface area contributed by atoms with Crippen molar-refractivity contribution in [3.05, 3.63) is 46.6 Å². The van der Waals surface area contributed by atoms with Gasteiger partial charge in [-0.05, 0) is 29.7 Å². The van der Waals surface area contributed by atoms with Gasteiger partial charge in [0.1, 0.15) is 5.75 Å². The Morgan fingerprint density at radius 2 is 1.43 bits per heavy atom. The quantitative estimate of drug-likeness (QED) is 0.445. The molecule has 1 aliphatic rings. The second kappa shape index (κ2) is 14.1. The largest absolute Gasteiger partial charge is 1.00 e. The zero-order chi connectivity index (χ0) is 22.4. The Bertz CT molecular complexity index is 735. The predicted molar refractivity (Wildman–Crippen MR) is 126 cm³/mol. The maximum absolute atomic E-state index is 9.65. The third-order valence-electron chi connectivity index (χ3n) is 5.90. The molecule has 0 aliphatic heterocycles. The standard InChI is InChI=1S/C13H22OSi.C9H13.C3H6.2ClH.Ti/c1-10-7-11(14)9-12(8-10)15(5,6)13(2,3)4;1-6-5-7(2)9(4)8(6)3;1-3-2;;;/h7-9,14H,1-6H3;6H,1-4H3;1-2H3;2*1H;/q;-1;;;;+1/p-2. The number of rotatable bonds is 1. The van der Waals surface area contributed by atoms with E-state index in [-0.39, 0.29) is 24.8 Å². The summed E-state index contributed by atoms with van der Waals surface area (Å²) in [7, 11) is -1.50. The molecule has 1 atom stereocenters. The van der Waals surface area contributed by atoms with E-state index in [2.05, 4.69) is 108 Å². The molecule has 0 radical (unpaired) electrons. The molecule has 1 aromatic rings. The molecule has 2 rings (SSSR count). The summed E-state index contributed by atoms with van der Waals surface area (Å²) in [6.45, 7) is 26.5. The van der Waals surface area contributed by atoms with Gasteiger partial charge in [0.25, 0.3) is 0 Å². The normalized spacial score (nSPS) is 15.5. The molecule has 171 valence electrons. The van der Waals surface area contributed by atoms with Gasteiger partial charge in [0, 0.05) is 0 Å².